The van der Waals surface area contributed by atoms with E-state index in [1.807, 2.05) is 42.3 Å². The molecule has 96 valence electrons. The fourth-order valence-electron chi connectivity index (χ4n) is 2.00. The minimum absolute atomic E-state index is 0.142. The molecular weight excluding hydrogens is 226 g/mol. The molecule has 0 aliphatic carbocycles. The molecule has 0 bridgehead atoms. The van der Waals surface area contributed by atoms with Crippen molar-refractivity contribution in [3.05, 3.63) is 47.8 Å². The number of para-hydroxylation sites is 1. The molecule has 0 spiro atoms. The first-order valence-electron chi connectivity index (χ1n) is 6.15. The number of aryl methyl sites for hydroxylation is 1. The van der Waals surface area contributed by atoms with Crippen molar-refractivity contribution in [2.45, 2.75) is 19.4 Å². The molecule has 1 unspecified atom stereocenters. The largest absolute Gasteiger partial charge is 0.508 e. The van der Waals surface area contributed by atoms with Gasteiger partial charge >= 0.3 is 0 Å². The van der Waals surface area contributed by atoms with E-state index in [0.29, 0.717) is 5.75 Å². The average Bonchev–Trinajstić information content (AvgIpc) is 2.75. The van der Waals surface area contributed by atoms with Crippen LogP contribution < -0.4 is 5.32 Å². The molecule has 1 aromatic heterocycles. The van der Waals surface area contributed by atoms with Gasteiger partial charge < -0.3 is 10.4 Å². The van der Waals surface area contributed by atoms with Crippen molar-refractivity contribution in [2.24, 2.45) is 7.05 Å². The maximum atomic E-state index is 9.75. The summed E-state index contributed by atoms with van der Waals surface area (Å²) >= 11 is 0. The number of hydrogen-bond acceptors (Lipinski definition) is 3. The van der Waals surface area contributed by atoms with Gasteiger partial charge in [0.25, 0.3) is 0 Å². The Hall–Kier alpha value is -1.81. The second-order valence-electron chi connectivity index (χ2n) is 4.51. The van der Waals surface area contributed by atoms with E-state index in [-0.39, 0.29) is 6.04 Å². The first-order valence-corrected chi connectivity index (χ1v) is 6.15. The summed E-state index contributed by atoms with van der Waals surface area (Å²) in [6.07, 6.45) is 4.84. The summed E-state index contributed by atoms with van der Waals surface area (Å²) in [4.78, 5) is 0. The lowest BCUT2D eigenvalue weighted by molar-refractivity contribution is 0.453. The van der Waals surface area contributed by atoms with E-state index in [1.54, 1.807) is 6.07 Å². The first-order chi connectivity index (χ1) is 8.66. The highest BCUT2D eigenvalue weighted by Crippen LogP contribution is 2.22. The van der Waals surface area contributed by atoms with Gasteiger partial charge in [0.05, 0.1) is 6.20 Å². The van der Waals surface area contributed by atoms with Crippen LogP contribution in [0.2, 0.25) is 0 Å². The molecule has 2 rings (SSSR count). The van der Waals surface area contributed by atoms with Crippen molar-refractivity contribution < 1.29 is 5.11 Å². The normalized spacial score (nSPS) is 12.6. The number of aromatic nitrogens is 2. The lowest BCUT2D eigenvalue weighted by atomic mass is 10.1. The molecule has 0 radical (unpaired) electrons. The van der Waals surface area contributed by atoms with Crippen molar-refractivity contribution in [3.8, 4) is 5.75 Å². The van der Waals surface area contributed by atoms with Crippen LogP contribution in [0, 0.1) is 0 Å². The van der Waals surface area contributed by atoms with Gasteiger partial charge in [0, 0.05) is 24.8 Å². The van der Waals surface area contributed by atoms with Crippen molar-refractivity contribution in [3.63, 3.8) is 0 Å². The third-order valence-corrected chi connectivity index (χ3v) is 3.03. The molecule has 0 aliphatic rings. The maximum Gasteiger partial charge on any atom is 0.120 e. The van der Waals surface area contributed by atoms with Crippen LogP contribution in [0.25, 0.3) is 0 Å². The lowest BCUT2D eigenvalue weighted by Gasteiger charge is -2.15. The Kier molecular flexibility index (Phi) is 3.99. The predicted octanol–water partition coefficient (Wildman–Crippen LogP) is 2.02. The highest BCUT2D eigenvalue weighted by molar-refractivity contribution is 5.34. The quantitative estimate of drug-likeness (QED) is 0.847. The number of hydrogen-bond donors (Lipinski definition) is 2. The summed E-state index contributed by atoms with van der Waals surface area (Å²) in [6, 6.07) is 7.57. The Morgan fingerprint density at radius 1 is 1.39 bits per heavy atom. The third-order valence-electron chi connectivity index (χ3n) is 3.03. The van der Waals surface area contributed by atoms with Crippen LogP contribution >= 0.6 is 0 Å². The lowest BCUT2D eigenvalue weighted by Crippen LogP contribution is -2.21. The van der Waals surface area contributed by atoms with Gasteiger partial charge in [-0.25, -0.2) is 0 Å². The number of rotatable bonds is 5. The van der Waals surface area contributed by atoms with Gasteiger partial charge in [-0.3, -0.25) is 4.68 Å². The summed E-state index contributed by atoms with van der Waals surface area (Å²) in [5.74, 6) is 0.346. The van der Waals surface area contributed by atoms with Crippen LogP contribution in [0.5, 0.6) is 5.75 Å². The summed E-state index contributed by atoms with van der Waals surface area (Å²) in [5.41, 5.74) is 2.15. The molecule has 4 nitrogen and oxygen atoms in total. The second-order valence-corrected chi connectivity index (χ2v) is 4.51. The smallest absolute Gasteiger partial charge is 0.120 e. The van der Waals surface area contributed by atoms with Gasteiger partial charge in [-0.2, -0.15) is 5.10 Å². The number of nitrogens with zero attached hydrogens (tertiary/aromatic N) is 2. The topological polar surface area (TPSA) is 50.1 Å². The van der Waals surface area contributed by atoms with Crippen LogP contribution in [-0.2, 0) is 13.5 Å². The Bertz CT molecular complexity index is 507. The van der Waals surface area contributed by atoms with Crippen LogP contribution in [0.4, 0.5) is 0 Å². The van der Waals surface area contributed by atoms with Crippen LogP contribution in [0.15, 0.2) is 36.7 Å². The highest BCUT2D eigenvalue weighted by atomic mass is 16.3. The predicted molar refractivity (Wildman–Crippen MR) is 71.4 cm³/mol. The van der Waals surface area contributed by atoms with E-state index < -0.39 is 0 Å². The van der Waals surface area contributed by atoms with Crippen molar-refractivity contribution in [1.82, 2.24) is 15.1 Å². The van der Waals surface area contributed by atoms with Gasteiger partial charge in [-0.15, -0.1) is 0 Å². The van der Waals surface area contributed by atoms with Gasteiger partial charge in [0.2, 0.25) is 0 Å². The molecule has 0 amide bonds. The van der Waals surface area contributed by atoms with Crippen molar-refractivity contribution in [1.29, 1.82) is 0 Å². The van der Waals surface area contributed by atoms with Gasteiger partial charge in [-0.1, -0.05) is 18.2 Å². The van der Waals surface area contributed by atoms with Gasteiger partial charge in [0.1, 0.15) is 5.75 Å². The number of nitrogens with one attached hydrogen (secondary N) is 1. The SMILES string of the molecule is CC(NCCc1cnn(C)c1)c1ccccc1O. The fraction of sp³-hybridized carbons (Fsp3) is 0.357. The first kappa shape index (κ1) is 12.6. The molecule has 2 N–H and O–H groups in total. The molecule has 0 aliphatic heterocycles. The molecule has 0 saturated carbocycles. The Balaban J connectivity index is 1.85. The fourth-order valence-corrected chi connectivity index (χ4v) is 2.00. The second kappa shape index (κ2) is 5.69. The monoisotopic (exact) mass is 245 g/mol. The number of phenols is 1. The minimum Gasteiger partial charge on any atom is -0.508 e. The minimum atomic E-state index is 0.142. The third kappa shape index (κ3) is 3.11. The van der Waals surface area contributed by atoms with Crippen LogP contribution in [-0.4, -0.2) is 21.4 Å². The molecule has 1 aromatic carbocycles. The van der Waals surface area contributed by atoms with E-state index >= 15 is 0 Å². The zero-order valence-corrected chi connectivity index (χ0v) is 10.8. The van der Waals surface area contributed by atoms with Crippen LogP contribution in [0.1, 0.15) is 24.1 Å². The van der Waals surface area contributed by atoms with E-state index in [0.717, 1.165) is 18.5 Å². The molecule has 18 heavy (non-hydrogen) atoms. The van der Waals surface area contributed by atoms with Crippen molar-refractivity contribution in [2.75, 3.05) is 6.54 Å². The zero-order chi connectivity index (χ0) is 13.0. The van der Waals surface area contributed by atoms with E-state index in [4.69, 9.17) is 0 Å². The van der Waals surface area contributed by atoms with E-state index in [2.05, 4.69) is 17.3 Å². The van der Waals surface area contributed by atoms with Gasteiger partial charge in [0.15, 0.2) is 0 Å². The standard InChI is InChI=1S/C14H19N3O/c1-11(13-5-3-4-6-14(13)18)15-8-7-12-9-16-17(2)10-12/h3-6,9-11,15,18H,7-8H2,1-2H3. The molecule has 0 fully saturated rings. The maximum absolute atomic E-state index is 9.75. The van der Waals surface area contributed by atoms with E-state index in [1.165, 1.54) is 5.56 Å². The van der Waals surface area contributed by atoms with Crippen LogP contribution in [0.3, 0.4) is 0 Å². The summed E-state index contributed by atoms with van der Waals surface area (Å²) < 4.78 is 1.81. The number of phenolic OH excluding ortho intramolecular Hbond substituents is 1. The average molecular weight is 245 g/mol. The Morgan fingerprint density at radius 3 is 2.83 bits per heavy atom. The highest BCUT2D eigenvalue weighted by Gasteiger charge is 2.08. The summed E-state index contributed by atoms with van der Waals surface area (Å²) in [5, 5.41) is 17.3. The Labute approximate surface area is 107 Å². The molecule has 4 heteroatoms. The molecule has 1 heterocycles. The van der Waals surface area contributed by atoms with Gasteiger partial charge in [-0.05, 0) is 31.5 Å². The molecule has 2 aromatic rings. The van der Waals surface area contributed by atoms with Crippen molar-refractivity contribution >= 4 is 0 Å². The molecule has 1 atom stereocenters. The number of aromatic hydroxyl groups is 1. The summed E-state index contributed by atoms with van der Waals surface area (Å²) in [6.45, 7) is 2.92. The zero-order valence-electron chi connectivity index (χ0n) is 10.8. The number of benzene rings is 1. The summed E-state index contributed by atoms with van der Waals surface area (Å²) in [7, 11) is 1.92. The Morgan fingerprint density at radius 2 is 2.17 bits per heavy atom. The van der Waals surface area contributed by atoms with E-state index in [9.17, 15) is 5.11 Å². The molecular formula is C14H19N3O. The molecule has 0 saturated heterocycles.